The molecule has 4 aromatic rings. The van der Waals surface area contributed by atoms with Crippen LogP contribution in [0.25, 0.3) is 10.8 Å². The molecule has 2 heterocycles. The summed E-state index contributed by atoms with van der Waals surface area (Å²) in [7, 11) is 0. The van der Waals surface area contributed by atoms with Crippen LogP contribution in [0.15, 0.2) is 83.6 Å². The molecule has 0 aliphatic carbocycles. The second-order valence-electron chi connectivity index (χ2n) is 11.9. The number of hydrogen-bond donors (Lipinski definition) is 0. The predicted octanol–water partition coefficient (Wildman–Crippen LogP) is 7.47. The summed E-state index contributed by atoms with van der Waals surface area (Å²) in [5.74, 6) is -0.0850. The molecule has 0 N–H and O–H groups in total. The van der Waals surface area contributed by atoms with Crippen molar-refractivity contribution in [1.82, 2.24) is 5.06 Å². The van der Waals surface area contributed by atoms with Crippen molar-refractivity contribution in [2.24, 2.45) is 0 Å². The molecule has 2 unspecified atom stereocenters. The molecule has 0 spiro atoms. The summed E-state index contributed by atoms with van der Waals surface area (Å²) in [5.41, 5.74) is 3.71. The molecule has 43 heavy (non-hydrogen) atoms. The minimum Gasteiger partial charge on any atom is -0.465 e. The largest absolute Gasteiger partial charge is 0.528 e. The van der Waals surface area contributed by atoms with E-state index in [1.807, 2.05) is 49.7 Å². The Morgan fingerprint density at radius 2 is 1.70 bits per heavy atom. The average Bonchev–Trinajstić information content (AvgIpc) is 3.48. The topological polar surface area (TPSA) is 74.3 Å². The van der Waals surface area contributed by atoms with Gasteiger partial charge in [0.2, 0.25) is 0 Å². The molecule has 1 aliphatic rings. The van der Waals surface area contributed by atoms with Crippen LogP contribution in [0.2, 0.25) is 0 Å². The van der Waals surface area contributed by atoms with Crippen molar-refractivity contribution >= 4 is 34.2 Å². The van der Waals surface area contributed by atoms with E-state index < -0.39 is 11.8 Å². The second kappa shape index (κ2) is 14.2. The van der Waals surface area contributed by atoms with Gasteiger partial charge in [0.15, 0.2) is 0 Å². The maximum absolute atomic E-state index is 12.4. The highest BCUT2D eigenvalue weighted by atomic mass is 32.1. The lowest BCUT2D eigenvalue weighted by molar-refractivity contribution is -0.179. The van der Waals surface area contributed by atoms with Crippen molar-refractivity contribution in [1.29, 1.82) is 0 Å². The first-order valence-corrected chi connectivity index (χ1v) is 15.7. The first-order valence-electron chi connectivity index (χ1n) is 14.7. The van der Waals surface area contributed by atoms with E-state index >= 15 is 0 Å². The third-order valence-electron chi connectivity index (χ3n) is 7.38. The van der Waals surface area contributed by atoms with Gasteiger partial charge < -0.3 is 19.0 Å². The summed E-state index contributed by atoms with van der Waals surface area (Å²) in [5, 5.41) is 7.94. The Hall–Kier alpha value is -3.72. The zero-order chi connectivity index (χ0) is 30.2. The van der Waals surface area contributed by atoms with E-state index in [0.29, 0.717) is 39.1 Å². The molecule has 0 saturated carbocycles. The van der Waals surface area contributed by atoms with Crippen LogP contribution in [0, 0.1) is 0 Å². The van der Waals surface area contributed by atoms with Gasteiger partial charge in [0.05, 0.1) is 32.3 Å². The van der Waals surface area contributed by atoms with E-state index in [1.54, 1.807) is 16.4 Å². The lowest BCUT2D eigenvalue weighted by atomic mass is 9.87. The van der Waals surface area contributed by atoms with E-state index in [2.05, 4.69) is 54.6 Å². The van der Waals surface area contributed by atoms with Gasteiger partial charge in [-0.05, 0) is 83.1 Å². The molecule has 226 valence electrons. The molecule has 8 heteroatoms. The monoisotopic (exact) mass is 601 g/mol. The number of hydrogen-bond acceptors (Lipinski definition) is 8. The normalized spacial score (nSPS) is 17.5. The Morgan fingerprint density at radius 3 is 2.44 bits per heavy atom. The van der Waals surface area contributed by atoms with Crippen molar-refractivity contribution in [2.75, 3.05) is 19.7 Å². The highest BCUT2D eigenvalue weighted by molar-refractivity contribution is 7.08. The summed E-state index contributed by atoms with van der Waals surface area (Å²) in [6, 6.07) is 25.0. The molecule has 3 aromatic carbocycles. The van der Waals surface area contributed by atoms with Gasteiger partial charge in [-0.3, -0.25) is 4.79 Å². The van der Waals surface area contributed by atoms with Crippen LogP contribution in [0.3, 0.4) is 0 Å². The molecular formula is C35H39NO6S. The molecule has 0 bridgehead atoms. The molecule has 1 aromatic heterocycles. The first kappa shape index (κ1) is 30.7. The maximum Gasteiger partial charge on any atom is 0.528 e. The molecule has 0 amide bonds. The number of nitrogens with zero attached hydrogens (tertiary/aromatic N) is 1. The molecule has 1 aliphatic heterocycles. The van der Waals surface area contributed by atoms with Crippen LogP contribution in [0.4, 0.5) is 4.79 Å². The minimum absolute atomic E-state index is 0.122. The Labute approximate surface area is 257 Å². The molecule has 0 radical (unpaired) electrons. The Kier molecular flexibility index (Phi) is 10.1. The van der Waals surface area contributed by atoms with Gasteiger partial charge in [0, 0.05) is 18.9 Å². The summed E-state index contributed by atoms with van der Waals surface area (Å²) < 4.78 is 17.3. The van der Waals surface area contributed by atoms with Crippen molar-refractivity contribution in [3.8, 4) is 0 Å². The number of piperidine rings is 1. The van der Waals surface area contributed by atoms with Crippen molar-refractivity contribution in [3.05, 3.63) is 106 Å². The first-order chi connectivity index (χ1) is 20.7. The van der Waals surface area contributed by atoms with E-state index in [-0.39, 0.29) is 18.0 Å². The summed E-state index contributed by atoms with van der Waals surface area (Å²) in [6.45, 7) is 7.24. The predicted molar refractivity (Wildman–Crippen MR) is 168 cm³/mol. The molecule has 1 fully saturated rings. The quantitative estimate of drug-likeness (QED) is 0.175. The molecule has 5 rings (SSSR count). The second-order valence-corrected chi connectivity index (χ2v) is 12.7. The minimum atomic E-state index is -0.709. The van der Waals surface area contributed by atoms with Gasteiger partial charge >= 0.3 is 12.1 Å². The smallest absolute Gasteiger partial charge is 0.465 e. The number of thiophene rings is 1. The van der Waals surface area contributed by atoms with Gasteiger partial charge in [0.1, 0.15) is 5.60 Å². The lowest BCUT2D eigenvalue weighted by Gasteiger charge is -2.37. The number of carbonyl (C=O) groups is 2. The van der Waals surface area contributed by atoms with Crippen LogP contribution in [-0.2, 0) is 43.3 Å². The fourth-order valence-electron chi connectivity index (χ4n) is 5.25. The zero-order valence-corrected chi connectivity index (χ0v) is 25.8. The van der Waals surface area contributed by atoms with Gasteiger partial charge in [0.25, 0.3) is 0 Å². The summed E-state index contributed by atoms with van der Waals surface area (Å²) >= 11 is 1.57. The number of benzene rings is 3. The van der Waals surface area contributed by atoms with Crippen LogP contribution in [-0.4, -0.2) is 48.6 Å². The van der Waals surface area contributed by atoms with Gasteiger partial charge in [-0.2, -0.15) is 11.3 Å². The van der Waals surface area contributed by atoms with Gasteiger partial charge in [-0.15, -0.1) is 5.06 Å². The molecule has 1 saturated heterocycles. The third kappa shape index (κ3) is 9.13. The highest BCUT2D eigenvalue weighted by Gasteiger charge is 2.34. The SMILES string of the molecule is CC(C)(C)OC(=O)ON1CCC(c2ccc(CCOC(=O)Cc3ccsc3)cc2)C(OCc2ccc3ccccc3c2)C1. The fourth-order valence-corrected chi connectivity index (χ4v) is 5.92. The number of rotatable bonds is 10. The summed E-state index contributed by atoms with van der Waals surface area (Å²) in [6.07, 6.45) is 0.801. The van der Waals surface area contributed by atoms with Crippen molar-refractivity contribution < 1.29 is 28.6 Å². The van der Waals surface area contributed by atoms with Gasteiger partial charge in [-0.1, -0.05) is 60.7 Å². The zero-order valence-electron chi connectivity index (χ0n) is 25.0. The van der Waals surface area contributed by atoms with E-state index in [4.69, 9.17) is 19.0 Å². The number of carbonyl (C=O) groups excluding carboxylic acids is 2. The standard InChI is InChI=1S/C35H39NO6S/c1-35(2,3)41-34(38)42-36-17-14-31(32(22-36)40-23-26-10-11-28-6-4-5-7-30(28)20-26)29-12-8-25(9-13-29)15-18-39-33(37)21-27-16-19-43-24-27/h4-13,16,19-20,24,31-32H,14-15,17-18,21-23H2,1-3H3. The average molecular weight is 602 g/mol. The van der Waals surface area contributed by atoms with Crippen molar-refractivity contribution in [3.63, 3.8) is 0 Å². The third-order valence-corrected chi connectivity index (χ3v) is 8.12. The van der Waals surface area contributed by atoms with Crippen LogP contribution < -0.4 is 0 Å². The maximum atomic E-state index is 12.4. The Balaban J connectivity index is 1.21. The molecule has 2 atom stereocenters. The van der Waals surface area contributed by atoms with Crippen molar-refractivity contribution in [2.45, 2.75) is 64.3 Å². The number of hydroxylamine groups is 2. The number of fused-ring (bicyclic) bond motifs is 1. The number of ether oxygens (including phenoxy) is 3. The Bertz CT molecular complexity index is 1500. The van der Waals surface area contributed by atoms with E-state index in [1.165, 1.54) is 16.3 Å². The van der Waals surface area contributed by atoms with E-state index in [9.17, 15) is 9.59 Å². The van der Waals surface area contributed by atoms with Crippen LogP contribution in [0.5, 0.6) is 0 Å². The lowest BCUT2D eigenvalue weighted by Crippen LogP contribution is -2.45. The highest BCUT2D eigenvalue weighted by Crippen LogP contribution is 2.32. The van der Waals surface area contributed by atoms with Gasteiger partial charge in [-0.25, -0.2) is 4.79 Å². The molecule has 7 nitrogen and oxygen atoms in total. The summed E-state index contributed by atoms with van der Waals surface area (Å²) in [4.78, 5) is 30.0. The van der Waals surface area contributed by atoms with Crippen LogP contribution >= 0.6 is 11.3 Å². The van der Waals surface area contributed by atoms with Crippen LogP contribution in [0.1, 0.15) is 55.4 Å². The Morgan fingerprint density at radius 1 is 0.930 bits per heavy atom. The molecular weight excluding hydrogens is 562 g/mol. The van der Waals surface area contributed by atoms with E-state index in [0.717, 1.165) is 23.1 Å². The number of esters is 1. The fraction of sp³-hybridized carbons (Fsp3) is 0.371.